The van der Waals surface area contributed by atoms with Crippen LogP contribution in [0, 0.1) is 13.8 Å². The van der Waals surface area contributed by atoms with Crippen LogP contribution in [0.1, 0.15) is 18.1 Å². The molecular formula is C12H18N2O2. The van der Waals surface area contributed by atoms with Crippen LogP contribution in [0.5, 0.6) is 0 Å². The molecule has 16 heavy (non-hydrogen) atoms. The summed E-state index contributed by atoms with van der Waals surface area (Å²) < 4.78 is 0. The van der Waals surface area contributed by atoms with Crippen molar-refractivity contribution in [3.05, 3.63) is 29.3 Å². The fourth-order valence-corrected chi connectivity index (χ4v) is 1.23. The molecule has 0 aromatic heterocycles. The van der Waals surface area contributed by atoms with Crippen LogP contribution in [0.4, 0.5) is 10.5 Å². The molecule has 3 N–H and O–H groups in total. The minimum absolute atomic E-state index is 0.247. The first-order valence-corrected chi connectivity index (χ1v) is 5.29. The van der Waals surface area contributed by atoms with Gasteiger partial charge in [-0.2, -0.15) is 0 Å². The van der Waals surface area contributed by atoms with E-state index in [0.29, 0.717) is 0 Å². The number of aliphatic hydroxyl groups excluding tert-OH is 1. The molecule has 1 atom stereocenters. The lowest BCUT2D eigenvalue weighted by atomic mass is 10.1. The van der Waals surface area contributed by atoms with Crippen molar-refractivity contribution < 1.29 is 9.90 Å². The number of amides is 2. The maximum atomic E-state index is 11.4. The predicted molar refractivity (Wildman–Crippen MR) is 64.6 cm³/mol. The highest BCUT2D eigenvalue weighted by atomic mass is 16.3. The molecule has 0 aliphatic heterocycles. The minimum Gasteiger partial charge on any atom is -0.392 e. The third kappa shape index (κ3) is 3.90. The van der Waals surface area contributed by atoms with Crippen LogP contribution in [-0.2, 0) is 0 Å². The smallest absolute Gasteiger partial charge is 0.319 e. The molecule has 0 saturated carbocycles. The van der Waals surface area contributed by atoms with Crippen LogP contribution < -0.4 is 10.6 Å². The van der Waals surface area contributed by atoms with E-state index in [9.17, 15) is 4.79 Å². The zero-order chi connectivity index (χ0) is 12.1. The summed E-state index contributed by atoms with van der Waals surface area (Å²) in [4.78, 5) is 11.4. The third-order valence-corrected chi connectivity index (χ3v) is 2.32. The molecule has 0 fully saturated rings. The van der Waals surface area contributed by atoms with E-state index in [2.05, 4.69) is 10.6 Å². The average Bonchev–Trinajstić information content (AvgIpc) is 2.21. The molecule has 2 amide bonds. The van der Waals surface area contributed by atoms with E-state index in [1.54, 1.807) is 6.92 Å². The Morgan fingerprint density at radius 1 is 1.38 bits per heavy atom. The first-order valence-electron chi connectivity index (χ1n) is 5.29. The number of carbonyl (C=O) groups is 1. The fourth-order valence-electron chi connectivity index (χ4n) is 1.23. The van der Waals surface area contributed by atoms with Crippen LogP contribution >= 0.6 is 0 Å². The second kappa shape index (κ2) is 5.51. The number of aliphatic hydroxyl groups is 1. The van der Waals surface area contributed by atoms with Crippen molar-refractivity contribution in [1.29, 1.82) is 0 Å². The molecule has 4 heteroatoms. The van der Waals surface area contributed by atoms with E-state index in [1.165, 1.54) is 5.56 Å². The number of nitrogens with one attached hydrogen (secondary N) is 2. The van der Waals surface area contributed by atoms with Gasteiger partial charge >= 0.3 is 6.03 Å². The standard InChI is InChI=1S/C12H18N2O2/c1-8-4-5-11(6-9(8)2)14-12(16)13-7-10(3)15/h4-6,10,15H,7H2,1-3H3,(H2,13,14,16). The SMILES string of the molecule is Cc1ccc(NC(=O)NCC(C)O)cc1C. The average molecular weight is 222 g/mol. The van der Waals surface area contributed by atoms with Gasteiger partial charge in [0.2, 0.25) is 0 Å². The Kier molecular flexibility index (Phi) is 4.31. The van der Waals surface area contributed by atoms with Gasteiger partial charge in [0, 0.05) is 12.2 Å². The number of hydrogen-bond acceptors (Lipinski definition) is 2. The number of aryl methyl sites for hydroxylation is 2. The first-order chi connectivity index (χ1) is 7.49. The monoisotopic (exact) mass is 222 g/mol. The Labute approximate surface area is 95.7 Å². The second-order valence-corrected chi connectivity index (χ2v) is 3.98. The van der Waals surface area contributed by atoms with Crippen LogP contribution in [0.15, 0.2) is 18.2 Å². The van der Waals surface area contributed by atoms with Crippen LogP contribution in [0.3, 0.4) is 0 Å². The summed E-state index contributed by atoms with van der Waals surface area (Å²) in [6, 6.07) is 5.42. The molecule has 0 bridgehead atoms. The maximum Gasteiger partial charge on any atom is 0.319 e. The molecule has 0 aliphatic rings. The molecule has 0 aliphatic carbocycles. The van der Waals surface area contributed by atoms with Gasteiger partial charge < -0.3 is 15.7 Å². The summed E-state index contributed by atoms with van der Waals surface area (Å²) in [5.74, 6) is 0. The van der Waals surface area contributed by atoms with Crippen molar-refractivity contribution in [2.24, 2.45) is 0 Å². The molecule has 0 radical (unpaired) electrons. The first kappa shape index (κ1) is 12.5. The lowest BCUT2D eigenvalue weighted by molar-refractivity contribution is 0.190. The van der Waals surface area contributed by atoms with Crippen LogP contribution in [0.2, 0.25) is 0 Å². The molecule has 0 heterocycles. The van der Waals surface area contributed by atoms with Gasteiger partial charge in [0.25, 0.3) is 0 Å². The van der Waals surface area contributed by atoms with Crippen molar-refractivity contribution in [3.63, 3.8) is 0 Å². The maximum absolute atomic E-state index is 11.4. The lowest BCUT2D eigenvalue weighted by Crippen LogP contribution is -2.34. The molecule has 1 rings (SSSR count). The Bertz CT molecular complexity index is 375. The summed E-state index contributed by atoms with van der Waals surface area (Å²) in [6.45, 7) is 5.88. The van der Waals surface area contributed by atoms with Gasteiger partial charge in [-0.3, -0.25) is 0 Å². The number of benzene rings is 1. The molecule has 1 unspecified atom stereocenters. The number of rotatable bonds is 3. The summed E-state index contributed by atoms with van der Waals surface area (Å²) in [5, 5.41) is 14.3. The van der Waals surface area contributed by atoms with Gasteiger partial charge in [-0.15, -0.1) is 0 Å². The van der Waals surface area contributed by atoms with Crippen molar-refractivity contribution in [2.75, 3.05) is 11.9 Å². The van der Waals surface area contributed by atoms with Crippen molar-refractivity contribution in [3.8, 4) is 0 Å². The molecule has 1 aromatic rings. The van der Waals surface area contributed by atoms with E-state index in [1.807, 2.05) is 32.0 Å². The van der Waals surface area contributed by atoms with E-state index < -0.39 is 6.10 Å². The predicted octanol–water partition coefficient (Wildman–Crippen LogP) is 1.81. The Hall–Kier alpha value is -1.55. The molecule has 0 spiro atoms. The van der Waals surface area contributed by atoms with Crippen molar-refractivity contribution in [1.82, 2.24) is 5.32 Å². The number of hydrogen-bond donors (Lipinski definition) is 3. The summed E-state index contributed by atoms with van der Waals surface area (Å²) in [5.41, 5.74) is 3.08. The summed E-state index contributed by atoms with van der Waals surface area (Å²) in [6.07, 6.45) is -0.537. The Morgan fingerprint density at radius 2 is 2.06 bits per heavy atom. The number of anilines is 1. The topological polar surface area (TPSA) is 61.4 Å². The third-order valence-electron chi connectivity index (χ3n) is 2.32. The van der Waals surface area contributed by atoms with Gasteiger partial charge in [0.1, 0.15) is 0 Å². The molecule has 88 valence electrons. The molecule has 1 aromatic carbocycles. The molecule has 4 nitrogen and oxygen atoms in total. The highest BCUT2D eigenvalue weighted by Crippen LogP contribution is 2.13. The van der Waals surface area contributed by atoms with E-state index in [0.717, 1.165) is 11.3 Å². The van der Waals surface area contributed by atoms with Gasteiger partial charge in [-0.25, -0.2) is 4.79 Å². The minimum atomic E-state index is -0.537. The fraction of sp³-hybridized carbons (Fsp3) is 0.417. The molecular weight excluding hydrogens is 204 g/mol. The highest BCUT2D eigenvalue weighted by molar-refractivity contribution is 5.89. The highest BCUT2D eigenvalue weighted by Gasteiger charge is 2.03. The van der Waals surface area contributed by atoms with Gasteiger partial charge in [-0.1, -0.05) is 6.07 Å². The Morgan fingerprint density at radius 3 is 2.62 bits per heavy atom. The van der Waals surface area contributed by atoms with E-state index in [-0.39, 0.29) is 12.6 Å². The second-order valence-electron chi connectivity index (χ2n) is 3.98. The normalized spacial score (nSPS) is 12.0. The van der Waals surface area contributed by atoms with Crippen LogP contribution in [0.25, 0.3) is 0 Å². The molecule has 0 saturated heterocycles. The van der Waals surface area contributed by atoms with Gasteiger partial charge in [-0.05, 0) is 44.0 Å². The van der Waals surface area contributed by atoms with Gasteiger partial charge in [0.15, 0.2) is 0 Å². The zero-order valence-electron chi connectivity index (χ0n) is 9.87. The number of carbonyl (C=O) groups excluding carboxylic acids is 1. The van der Waals surface area contributed by atoms with Gasteiger partial charge in [0.05, 0.1) is 6.10 Å². The summed E-state index contributed by atoms with van der Waals surface area (Å²) >= 11 is 0. The Balaban J connectivity index is 2.53. The largest absolute Gasteiger partial charge is 0.392 e. The quantitative estimate of drug-likeness (QED) is 0.730. The zero-order valence-corrected chi connectivity index (χ0v) is 9.87. The van der Waals surface area contributed by atoms with Crippen LogP contribution in [-0.4, -0.2) is 23.8 Å². The van der Waals surface area contributed by atoms with Crippen molar-refractivity contribution in [2.45, 2.75) is 26.9 Å². The lowest BCUT2D eigenvalue weighted by Gasteiger charge is -2.10. The van der Waals surface area contributed by atoms with Crippen molar-refractivity contribution >= 4 is 11.7 Å². The van der Waals surface area contributed by atoms with E-state index in [4.69, 9.17) is 5.11 Å². The number of urea groups is 1. The summed E-state index contributed by atoms with van der Waals surface area (Å²) in [7, 11) is 0. The van der Waals surface area contributed by atoms with E-state index >= 15 is 0 Å².